The predicted octanol–water partition coefficient (Wildman–Crippen LogP) is 3.30. The van der Waals surface area contributed by atoms with Crippen molar-refractivity contribution in [3.05, 3.63) is 0 Å². The van der Waals surface area contributed by atoms with Crippen LogP contribution in [0.25, 0.3) is 0 Å². The van der Waals surface area contributed by atoms with Gasteiger partial charge >= 0.3 is 0 Å². The van der Waals surface area contributed by atoms with Crippen LogP contribution in [0.2, 0.25) is 0 Å². The minimum Gasteiger partial charge on any atom is -0.316 e. The minimum atomic E-state index is 0.672. The average molecular weight is 227 g/mol. The van der Waals surface area contributed by atoms with E-state index >= 15 is 0 Å². The second-order valence-electron chi connectivity index (χ2n) is 5.42. The predicted molar refractivity (Wildman–Crippen MR) is 69.5 cm³/mol. The lowest BCUT2D eigenvalue weighted by molar-refractivity contribution is 0.264. The van der Waals surface area contributed by atoms with Crippen molar-refractivity contribution >= 4 is 11.8 Å². The second-order valence-corrected chi connectivity index (χ2v) is 6.57. The number of hydrogen-bond donors (Lipinski definition) is 1. The molecule has 1 saturated heterocycles. The van der Waals surface area contributed by atoms with Crippen molar-refractivity contribution in [3.8, 4) is 0 Å². The summed E-state index contributed by atoms with van der Waals surface area (Å²) in [6, 6.07) is 0. The Labute approximate surface area is 98.8 Å². The molecule has 0 spiro atoms. The van der Waals surface area contributed by atoms with Gasteiger partial charge in [-0.1, -0.05) is 19.8 Å². The highest BCUT2D eigenvalue weighted by atomic mass is 32.2. The molecule has 0 amide bonds. The summed E-state index contributed by atoms with van der Waals surface area (Å²) in [5.41, 5.74) is 0.672. The molecule has 0 aromatic rings. The van der Waals surface area contributed by atoms with E-state index in [1.165, 1.54) is 63.1 Å². The third-order valence-electron chi connectivity index (χ3n) is 4.37. The summed E-state index contributed by atoms with van der Waals surface area (Å²) in [6.07, 6.45) is 8.69. The van der Waals surface area contributed by atoms with Crippen LogP contribution in [0.4, 0.5) is 0 Å². The lowest BCUT2D eigenvalue weighted by Gasteiger charge is -2.28. The fourth-order valence-electron chi connectivity index (χ4n) is 3.07. The largest absolute Gasteiger partial charge is 0.316 e. The first-order valence-corrected chi connectivity index (χ1v) is 7.79. The van der Waals surface area contributed by atoms with Crippen molar-refractivity contribution in [2.24, 2.45) is 11.3 Å². The van der Waals surface area contributed by atoms with Crippen molar-refractivity contribution in [1.82, 2.24) is 5.32 Å². The van der Waals surface area contributed by atoms with Crippen LogP contribution in [0.1, 0.15) is 45.4 Å². The number of rotatable bonds is 5. The van der Waals surface area contributed by atoms with Gasteiger partial charge < -0.3 is 5.32 Å². The number of nitrogens with one attached hydrogen (secondary N) is 1. The Balaban J connectivity index is 1.67. The molecule has 0 radical (unpaired) electrons. The Kier molecular flexibility index (Phi) is 4.39. The smallest absolute Gasteiger partial charge is 0.000782 e. The molecule has 1 aliphatic carbocycles. The van der Waals surface area contributed by atoms with Crippen LogP contribution in [0.5, 0.6) is 0 Å². The van der Waals surface area contributed by atoms with Crippen LogP contribution in [0, 0.1) is 11.3 Å². The van der Waals surface area contributed by atoms with Gasteiger partial charge in [0, 0.05) is 6.54 Å². The summed E-state index contributed by atoms with van der Waals surface area (Å²) in [6.45, 7) is 4.93. The Hall–Kier alpha value is 0.310. The molecular formula is C13H25NS. The van der Waals surface area contributed by atoms with E-state index in [2.05, 4.69) is 24.0 Å². The fourth-order valence-corrected chi connectivity index (χ4v) is 4.35. The van der Waals surface area contributed by atoms with E-state index in [9.17, 15) is 0 Å². The van der Waals surface area contributed by atoms with E-state index in [4.69, 9.17) is 0 Å². The summed E-state index contributed by atoms with van der Waals surface area (Å²) in [4.78, 5) is 0. The first-order valence-electron chi connectivity index (χ1n) is 6.63. The minimum absolute atomic E-state index is 0.672. The molecule has 2 rings (SSSR count). The summed E-state index contributed by atoms with van der Waals surface area (Å²) >= 11 is 2.13. The first kappa shape index (κ1) is 11.8. The van der Waals surface area contributed by atoms with Gasteiger partial charge in [0.15, 0.2) is 0 Å². The summed E-state index contributed by atoms with van der Waals surface area (Å²) in [5, 5.41) is 3.75. The Morgan fingerprint density at radius 2 is 2.13 bits per heavy atom. The molecule has 1 unspecified atom stereocenters. The maximum Gasteiger partial charge on any atom is 0.000782 e. The van der Waals surface area contributed by atoms with E-state index in [0.29, 0.717) is 5.41 Å². The molecule has 1 aliphatic heterocycles. The van der Waals surface area contributed by atoms with E-state index in [-0.39, 0.29) is 0 Å². The molecule has 1 heterocycles. The third-order valence-corrected chi connectivity index (χ3v) is 5.60. The molecule has 1 saturated carbocycles. The van der Waals surface area contributed by atoms with E-state index in [0.717, 1.165) is 5.92 Å². The summed E-state index contributed by atoms with van der Waals surface area (Å²) in [5.74, 6) is 3.75. The van der Waals surface area contributed by atoms with Crippen LogP contribution < -0.4 is 5.32 Å². The maximum absolute atomic E-state index is 3.75. The first-order chi connectivity index (χ1) is 7.35. The Morgan fingerprint density at radius 1 is 1.33 bits per heavy atom. The molecule has 88 valence electrons. The van der Waals surface area contributed by atoms with Gasteiger partial charge in [-0.05, 0) is 55.1 Å². The number of hydrogen-bond acceptors (Lipinski definition) is 2. The second kappa shape index (κ2) is 5.58. The van der Waals surface area contributed by atoms with Crippen molar-refractivity contribution in [2.45, 2.75) is 45.4 Å². The van der Waals surface area contributed by atoms with Crippen LogP contribution in [-0.2, 0) is 0 Å². The molecule has 2 aliphatic rings. The lowest BCUT2D eigenvalue weighted by atomic mass is 9.83. The topological polar surface area (TPSA) is 12.0 Å². The van der Waals surface area contributed by atoms with Gasteiger partial charge in [-0.3, -0.25) is 0 Å². The quantitative estimate of drug-likeness (QED) is 0.773. The summed E-state index contributed by atoms with van der Waals surface area (Å²) < 4.78 is 0. The van der Waals surface area contributed by atoms with E-state index < -0.39 is 0 Å². The van der Waals surface area contributed by atoms with Gasteiger partial charge in [0.25, 0.3) is 0 Å². The molecule has 0 bridgehead atoms. The van der Waals surface area contributed by atoms with Gasteiger partial charge in [-0.2, -0.15) is 11.8 Å². The molecule has 1 nitrogen and oxygen atoms in total. The average Bonchev–Trinajstić information content (AvgIpc) is 2.89. The van der Waals surface area contributed by atoms with Crippen molar-refractivity contribution < 1.29 is 0 Å². The molecule has 2 heteroatoms. The molecule has 15 heavy (non-hydrogen) atoms. The van der Waals surface area contributed by atoms with Gasteiger partial charge in [0.1, 0.15) is 0 Å². The number of thioether (sulfide) groups is 1. The van der Waals surface area contributed by atoms with E-state index in [1.807, 2.05) is 0 Å². The highest BCUT2D eigenvalue weighted by Crippen LogP contribution is 2.40. The monoisotopic (exact) mass is 227 g/mol. The molecule has 1 N–H and O–H groups in total. The third kappa shape index (κ3) is 3.13. The standard InChI is InChI=1S/C13H25NS/c1-2-13(6-3-4-7-13)11-14-9-12-5-8-15-10-12/h12,14H,2-11H2,1H3. The fraction of sp³-hybridized carbons (Fsp3) is 1.00. The van der Waals surface area contributed by atoms with Crippen LogP contribution >= 0.6 is 11.8 Å². The van der Waals surface area contributed by atoms with Gasteiger partial charge in [0.2, 0.25) is 0 Å². The van der Waals surface area contributed by atoms with Gasteiger partial charge in [0.05, 0.1) is 0 Å². The van der Waals surface area contributed by atoms with Crippen LogP contribution in [-0.4, -0.2) is 24.6 Å². The zero-order valence-electron chi connectivity index (χ0n) is 10.1. The molecular weight excluding hydrogens is 202 g/mol. The highest BCUT2D eigenvalue weighted by molar-refractivity contribution is 7.99. The summed E-state index contributed by atoms with van der Waals surface area (Å²) in [7, 11) is 0. The van der Waals surface area contributed by atoms with Crippen molar-refractivity contribution in [2.75, 3.05) is 24.6 Å². The highest BCUT2D eigenvalue weighted by Gasteiger charge is 2.31. The molecule has 2 fully saturated rings. The molecule has 0 aromatic carbocycles. The zero-order valence-corrected chi connectivity index (χ0v) is 10.9. The maximum atomic E-state index is 3.75. The Bertz CT molecular complexity index is 181. The van der Waals surface area contributed by atoms with Crippen LogP contribution in [0.15, 0.2) is 0 Å². The van der Waals surface area contributed by atoms with Crippen molar-refractivity contribution in [3.63, 3.8) is 0 Å². The zero-order chi connectivity index (χ0) is 10.6. The van der Waals surface area contributed by atoms with Crippen LogP contribution in [0.3, 0.4) is 0 Å². The molecule has 0 aromatic heterocycles. The molecule has 1 atom stereocenters. The SMILES string of the molecule is CCC1(CNCC2CCSC2)CCCC1. The normalized spacial score (nSPS) is 29.8. The van der Waals surface area contributed by atoms with Gasteiger partial charge in [-0.25, -0.2) is 0 Å². The Morgan fingerprint density at radius 3 is 2.73 bits per heavy atom. The van der Waals surface area contributed by atoms with Crippen molar-refractivity contribution in [1.29, 1.82) is 0 Å². The van der Waals surface area contributed by atoms with E-state index in [1.54, 1.807) is 0 Å². The van der Waals surface area contributed by atoms with Gasteiger partial charge in [-0.15, -0.1) is 0 Å². The lowest BCUT2D eigenvalue weighted by Crippen LogP contribution is -2.34.